The summed E-state index contributed by atoms with van der Waals surface area (Å²) in [7, 11) is 0. The Bertz CT molecular complexity index is 832. The predicted molar refractivity (Wildman–Crippen MR) is 91.1 cm³/mol. The van der Waals surface area contributed by atoms with Crippen LogP contribution in [-0.2, 0) is 0 Å². The Hall–Kier alpha value is -3.01. The number of halogens is 1. The van der Waals surface area contributed by atoms with Gasteiger partial charge >= 0.3 is 0 Å². The summed E-state index contributed by atoms with van der Waals surface area (Å²) in [4.78, 5) is 16.6. The molecule has 0 aliphatic rings. The van der Waals surface area contributed by atoms with Gasteiger partial charge in [0.1, 0.15) is 5.82 Å². The highest BCUT2D eigenvalue weighted by Gasteiger charge is 2.19. The van der Waals surface area contributed by atoms with Crippen LogP contribution >= 0.6 is 0 Å². The third-order valence-electron chi connectivity index (χ3n) is 3.82. The molecule has 1 atom stereocenters. The Labute approximate surface area is 140 Å². The molecular formula is C20H17FN2O. The average Bonchev–Trinajstić information content (AvgIpc) is 2.61. The van der Waals surface area contributed by atoms with E-state index in [1.807, 2.05) is 43.3 Å². The van der Waals surface area contributed by atoms with Gasteiger partial charge in [0, 0.05) is 12.4 Å². The lowest BCUT2D eigenvalue weighted by molar-refractivity contribution is 0.0939. The van der Waals surface area contributed by atoms with Crippen LogP contribution in [0.25, 0.3) is 0 Å². The molecule has 24 heavy (non-hydrogen) atoms. The van der Waals surface area contributed by atoms with Crippen molar-refractivity contribution in [2.24, 2.45) is 0 Å². The van der Waals surface area contributed by atoms with Crippen LogP contribution in [0.3, 0.4) is 0 Å². The number of hydrogen-bond donors (Lipinski definition) is 1. The topological polar surface area (TPSA) is 42.0 Å². The number of amides is 1. The van der Waals surface area contributed by atoms with Crippen molar-refractivity contribution in [1.82, 2.24) is 10.3 Å². The molecule has 0 aliphatic heterocycles. The molecular weight excluding hydrogens is 303 g/mol. The lowest BCUT2D eigenvalue weighted by Crippen LogP contribution is -2.30. The second-order valence-corrected chi connectivity index (χ2v) is 5.58. The van der Waals surface area contributed by atoms with Crippen molar-refractivity contribution in [2.45, 2.75) is 13.0 Å². The third kappa shape index (κ3) is 3.49. The number of nitrogens with zero attached hydrogens (tertiary/aromatic N) is 1. The Morgan fingerprint density at radius 1 is 1.00 bits per heavy atom. The molecule has 1 N–H and O–H groups in total. The molecule has 2 aromatic carbocycles. The number of carbonyl (C=O) groups is 1. The number of benzene rings is 2. The summed E-state index contributed by atoms with van der Waals surface area (Å²) in [6.07, 6.45) is 3.38. The van der Waals surface area contributed by atoms with E-state index in [9.17, 15) is 9.18 Å². The van der Waals surface area contributed by atoms with E-state index in [-0.39, 0.29) is 5.56 Å². The molecule has 0 radical (unpaired) electrons. The smallest absolute Gasteiger partial charge is 0.255 e. The maximum absolute atomic E-state index is 13.9. The van der Waals surface area contributed by atoms with Crippen LogP contribution in [0.5, 0.6) is 0 Å². The van der Waals surface area contributed by atoms with Crippen molar-refractivity contribution in [3.8, 4) is 0 Å². The SMILES string of the molecule is Cc1ccc([C@@H](NC(=O)c2ccccc2F)c2cccnc2)cc1. The maximum Gasteiger partial charge on any atom is 0.255 e. The average molecular weight is 320 g/mol. The number of nitrogens with one attached hydrogen (secondary N) is 1. The van der Waals surface area contributed by atoms with Crippen molar-refractivity contribution < 1.29 is 9.18 Å². The van der Waals surface area contributed by atoms with Gasteiger partial charge in [0.2, 0.25) is 0 Å². The first-order valence-corrected chi connectivity index (χ1v) is 7.67. The molecule has 0 saturated carbocycles. The minimum Gasteiger partial charge on any atom is -0.341 e. The molecule has 120 valence electrons. The van der Waals surface area contributed by atoms with Crippen molar-refractivity contribution in [1.29, 1.82) is 0 Å². The summed E-state index contributed by atoms with van der Waals surface area (Å²) in [6, 6.07) is 17.1. The molecule has 0 aliphatic carbocycles. The predicted octanol–water partition coefficient (Wildman–Crippen LogP) is 4.05. The molecule has 0 spiro atoms. The third-order valence-corrected chi connectivity index (χ3v) is 3.82. The van der Waals surface area contributed by atoms with Crippen LogP contribution in [0, 0.1) is 12.7 Å². The van der Waals surface area contributed by atoms with E-state index >= 15 is 0 Å². The minimum absolute atomic E-state index is 0.0264. The fraction of sp³-hybridized carbons (Fsp3) is 0.100. The van der Waals surface area contributed by atoms with E-state index in [0.29, 0.717) is 0 Å². The number of aryl methyl sites for hydroxylation is 1. The molecule has 0 bridgehead atoms. The second-order valence-electron chi connectivity index (χ2n) is 5.58. The molecule has 1 heterocycles. The standard InChI is InChI=1S/C20H17FN2O/c1-14-8-10-15(11-9-14)19(16-5-4-12-22-13-16)23-20(24)17-6-2-3-7-18(17)21/h2-13,19H,1H3,(H,23,24)/t19-/m1/s1. The van der Waals surface area contributed by atoms with Crippen molar-refractivity contribution in [3.05, 3.63) is 101 Å². The fourth-order valence-electron chi connectivity index (χ4n) is 2.52. The van der Waals surface area contributed by atoms with Crippen LogP contribution in [0.15, 0.2) is 73.1 Å². The van der Waals surface area contributed by atoms with E-state index < -0.39 is 17.8 Å². The Balaban J connectivity index is 1.95. The highest BCUT2D eigenvalue weighted by molar-refractivity contribution is 5.94. The van der Waals surface area contributed by atoms with Gasteiger partial charge in [-0.05, 0) is 36.2 Å². The van der Waals surface area contributed by atoms with Crippen molar-refractivity contribution >= 4 is 5.91 Å². The van der Waals surface area contributed by atoms with Crippen LogP contribution in [0.4, 0.5) is 4.39 Å². The molecule has 4 heteroatoms. The van der Waals surface area contributed by atoms with Crippen LogP contribution in [-0.4, -0.2) is 10.9 Å². The minimum atomic E-state index is -0.538. The van der Waals surface area contributed by atoms with Gasteiger partial charge in [0.05, 0.1) is 11.6 Å². The van der Waals surface area contributed by atoms with Crippen LogP contribution < -0.4 is 5.32 Å². The number of aromatic nitrogens is 1. The first-order valence-electron chi connectivity index (χ1n) is 7.67. The Morgan fingerprint density at radius 2 is 1.75 bits per heavy atom. The van der Waals surface area contributed by atoms with E-state index in [4.69, 9.17) is 0 Å². The first-order chi connectivity index (χ1) is 11.6. The van der Waals surface area contributed by atoms with E-state index in [0.717, 1.165) is 16.7 Å². The van der Waals surface area contributed by atoms with Gasteiger partial charge in [-0.15, -0.1) is 0 Å². The highest BCUT2D eigenvalue weighted by atomic mass is 19.1. The van der Waals surface area contributed by atoms with Crippen molar-refractivity contribution in [3.63, 3.8) is 0 Å². The van der Waals surface area contributed by atoms with E-state index in [1.165, 1.54) is 12.1 Å². The Morgan fingerprint density at radius 3 is 2.42 bits per heavy atom. The molecule has 0 fully saturated rings. The van der Waals surface area contributed by atoms with Gasteiger partial charge in [0.25, 0.3) is 5.91 Å². The van der Waals surface area contributed by atoms with Gasteiger partial charge in [-0.3, -0.25) is 9.78 Å². The maximum atomic E-state index is 13.9. The zero-order chi connectivity index (χ0) is 16.9. The summed E-state index contributed by atoms with van der Waals surface area (Å²) >= 11 is 0. The molecule has 1 amide bonds. The first kappa shape index (κ1) is 15.9. The zero-order valence-electron chi connectivity index (χ0n) is 13.2. The molecule has 3 nitrogen and oxygen atoms in total. The molecule has 3 aromatic rings. The molecule has 3 rings (SSSR count). The van der Waals surface area contributed by atoms with Gasteiger partial charge in [-0.25, -0.2) is 4.39 Å². The second kappa shape index (κ2) is 7.04. The quantitative estimate of drug-likeness (QED) is 0.788. The van der Waals surface area contributed by atoms with Gasteiger partial charge in [-0.2, -0.15) is 0 Å². The summed E-state index contributed by atoms with van der Waals surface area (Å²) in [6.45, 7) is 2.00. The number of carbonyl (C=O) groups excluding carboxylic acids is 1. The lowest BCUT2D eigenvalue weighted by Gasteiger charge is -2.20. The fourth-order valence-corrected chi connectivity index (χ4v) is 2.52. The molecule has 0 unspecified atom stereocenters. The van der Waals surface area contributed by atoms with Gasteiger partial charge < -0.3 is 5.32 Å². The van der Waals surface area contributed by atoms with Gasteiger partial charge in [-0.1, -0.05) is 48.0 Å². The normalized spacial score (nSPS) is 11.8. The number of pyridine rings is 1. The largest absolute Gasteiger partial charge is 0.341 e. The zero-order valence-corrected chi connectivity index (χ0v) is 13.2. The number of rotatable bonds is 4. The summed E-state index contributed by atoms with van der Waals surface area (Å²) < 4.78 is 13.9. The number of hydrogen-bond acceptors (Lipinski definition) is 2. The van der Waals surface area contributed by atoms with Crippen LogP contribution in [0.1, 0.15) is 33.1 Å². The highest BCUT2D eigenvalue weighted by Crippen LogP contribution is 2.22. The van der Waals surface area contributed by atoms with Gasteiger partial charge in [0.15, 0.2) is 0 Å². The molecule has 0 saturated heterocycles. The summed E-state index contributed by atoms with van der Waals surface area (Å²) in [5, 5.41) is 2.91. The Kier molecular flexibility index (Phi) is 4.66. The summed E-state index contributed by atoms with van der Waals surface area (Å²) in [5.74, 6) is -0.994. The van der Waals surface area contributed by atoms with E-state index in [2.05, 4.69) is 10.3 Å². The monoisotopic (exact) mass is 320 g/mol. The van der Waals surface area contributed by atoms with E-state index in [1.54, 1.807) is 24.5 Å². The van der Waals surface area contributed by atoms with Crippen molar-refractivity contribution in [2.75, 3.05) is 0 Å². The summed E-state index contributed by atoms with van der Waals surface area (Å²) in [5.41, 5.74) is 2.91. The lowest BCUT2D eigenvalue weighted by atomic mass is 9.98. The molecule has 1 aromatic heterocycles. The van der Waals surface area contributed by atoms with Crippen LogP contribution in [0.2, 0.25) is 0 Å².